The fourth-order valence-electron chi connectivity index (χ4n) is 2.08. The summed E-state index contributed by atoms with van der Waals surface area (Å²) in [5, 5.41) is 0. The van der Waals surface area contributed by atoms with Gasteiger partial charge in [-0.05, 0) is 38.3 Å². The molecule has 106 valence electrons. The Morgan fingerprint density at radius 3 is 2.37 bits per heavy atom. The number of ether oxygens (including phenoxy) is 1. The van der Waals surface area contributed by atoms with Gasteiger partial charge in [-0.2, -0.15) is 0 Å². The van der Waals surface area contributed by atoms with Crippen LogP contribution in [-0.4, -0.2) is 11.6 Å². The summed E-state index contributed by atoms with van der Waals surface area (Å²) in [5.74, 6) is -0.208. The minimum absolute atomic E-state index is 0.208. The molecule has 0 fully saturated rings. The molecule has 0 heterocycles. The maximum absolute atomic E-state index is 12.1. The fraction of sp³-hybridized carbons (Fsp3) is 0.588. The molecule has 2 heteroatoms. The predicted octanol–water partition coefficient (Wildman–Crippen LogP) is 4.98. The van der Waals surface area contributed by atoms with E-state index in [2.05, 4.69) is 13.8 Å². The summed E-state index contributed by atoms with van der Waals surface area (Å²) < 4.78 is 5.71. The smallest absolute Gasteiger partial charge is 0.338 e. The Hall–Kier alpha value is -1.31. The first-order chi connectivity index (χ1) is 9.11. The van der Waals surface area contributed by atoms with Crippen LogP contribution < -0.4 is 0 Å². The van der Waals surface area contributed by atoms with Gasteiger partial charge in [0, 0.05) is 0 Å². The molecule has 0 aliphatic heterocycles. The van der Waals surface area contributed by atoms with Crippen LogP contribution in [0.1, 0.15) is 69.7 Å². The number of benzene rings is 1. The number of esters is 1. The zero-order valence-electron chi connectivity index (χ0n) is 12.4. The van der Waals surface area contributed by atoms with Crippen LogP contribution in [0, 0.1) is 0 Å². The van der Waals surface area contributed by atoms with E-state index in [0.717, 1.165) is 19.3 Å². The van der Waals surface area contributed by atoms with E-state index in [1.807, 2.05) is 25.1 Å². The second-order valence-corrected chi connectivity index (χ2v) is 5.37. The Morgan fingerprint density at radius 2 is 1.79 bits per heavy atom. The molecule has 0 aromatic heterocycles. The van der Waals surface area contributed by atoms with Crippen LogP contribution in [0.5, 0.6) is 0 Å². The van der Waals surface area contributed by atoms with E-state index >= 15 is 0 Å². The van der Waals surface area contributed by atoms with Gasteiger partial charge in [0.05, 0.1) is 5.56 Å². The summed E-state index contributed by atoms with van der Waals surface area (Å²) in [5.41, 5.74) is 0.302. The third-order valence-electron chi connectivity index (χ3n) is 3.66. The molecular weight excluding hydrogens is 236 g/mol. The summed E-state index contributed by atoms with van der Waals surface area (Å²) in [6, 6.07) is 9.23. The first-order valence-electron chi connectivity index (χ1n) is 7.39. The van der Waals surface area contributed by atoms with Crippen molar-refractivity contribution in [1.82, 2.24) is 0 Å². The number of carbonyl (C=O) groups excluding carboxylic acids is 1. The van der Waals surface area contributed by atoms with Crippen LogP contribution in [0.4, 0.5) is 0 Å². The highest BCUT2D eigenvalue weighted by Crippen LogP contribution is 2.24. The van der Waals surface area contributed by atoms with E-state index in [9.17, 15) is 4.79 Å². The van der Waals surface area contributed by atoms with E-state index < -0.39 is 0 Å². The molecule has 1 rings (SSSR count). The van der Waals surface area contributed by atoms with Gasteiger partial charge < -0.3 is 4.74 Å². The standard InChI is InChI=1S/C17H26O2/c1-4-6-7-11-14-17(3,5-2)19-16(18)15-12-9-8-10-13-15/h8-10,12-13H,4-7,11,14H2,1-3H3. The van der Waals surface area contributed by atoms with Crippen molar-refractivity contribution < 1.29 is 9.53 Å². The summed E-state index contributed by atoms with van der Waals surface area (Å²) in [7, 11) is 0. The Kier molecular flexibility index (Phi) is 6.61. The van der Waals surface area contributed by atoms with Crippen molar-refractivity contribution >= 4 is 5.97 Å². The van der Waals surface area contributed by atoms with Crippen molar-refractivity contribution in [1.29, 1.82) is 0 Å². The van der Waals surface area contributed by atoms with Crippen molar-refractivity contribution in [3.63, 3.8) is 0 Å². The summed E-state index contributed by atoms with van der Waals surface area (Å²) in [6.45, 7) is 6.33. The van der Waals surface area contributed by atoms with Gasteiger partial charge in [0.1, 0.15) is 5.60 Å². The first-order valence-corrected chi connectivity index (χ1v) is 7.39. The Balaban J connectivity index is 2.52. The molecule has 0 bridgehead atoms. The molecule has 0 aliphatic rings. The van der Waals surface area contributed by atoms with Gasteiger partial charge in [-0.3, -0.25) is 0 Å². The van der Waals surface area contributed by atoms with E-state index in [1.54, 1.807) is 12.1 Å². The van der Waals surface area contributed by atoms with Gasteiger partial charge in [-0.25, -0.2) is 4.79 Å². The molecule has 2 nitrogen and oxygen atoms in total. The van der Waals surface area contributed by atoms with Gasteiger partial charge in [-0.1, -0.05) is 51.3 Å². The Morgan fingerprint density at radius 1 is 1.11 bits per heavy atom. The van der Waals surface area contributed by atoms with Gasteiger partial charge in [0.2, 0.25) is 0 Å². The van der Waals surface area contributed by atoms with Crippen LogP contribution in [0.15, 0.2) is 30.3 Å². The number of hydrogen-bond donors (Lipinski definition) is 0. The largest absolute Gasteiger partial charge is 0.456 e. The molecule has 19 heavy (non-hydrogen) atoms. The van der Waals surface area contributed by atoms with Gasteiger partial charge in [0.25, 0.3) is 0 Å². The Labute approximate surface area is 117 Å². The SMILES string of the molecule is CCCCCCC(C)(CC)OC(=O)c1ccccc1. The van der Waals surface area contributed by atoms with Crippen LogP contribution in [0.3, 0.4) is 0 Å². The third kappa shape index (κ3) is 5.46. The minimum Gasteiger partial charge on any atom is -0.456 e. The first kappa shape index (κ1) is 15.7. The fourth-order valence-corrected chi connectivity index (χ4v) is 2.08. The highest BCUT2D eigenvalue weighted by atomic mass is 16.6. The van der Waals surface area contributed by atoms with E-state index in [4.69, 9.17) is 4.74 Å². The van der Waals surface area contributed by atoms with Crippen molar-refractivity contribution in [3.05, 3.63) is 35.9 Å². The highest BCUT2D eigenvalue weighted by Gasteiger charge is 2.26. The lowest BCUT2D eigenvalue weighted by molar-refractivity contribution is -0.0164. The molecule has 1 aromatic carbocycles. The highest BCUT2D eigenvalue weighted by molar-refractivity contribution is 5.89. The number of carbonyl (C=O) groups is 1. The number of rotatable bonds is 8. The Bertz CT molecular complexity index is 372. The summed E-state index contributed by atoms with van der Waals surface area (Å²) in [4.78, 5) is 12.1. The molecule has 0 saturated heterocycles. The van der Waals surface area contributed by atoms with Crippen LogP contribution in [0.25, 0.3) is 0 Å². The van der Waals surface area contributed by atoms with Crippen molar-refractivity contribution in [2.45, 2.75) is 64.9 Å². The maximum atomic E-state index is 12.1. The van der Waals surface area contributed by atoms with E-state index in [1.165, 1.54) is 19.3 Å². The molecule has 0 amide bonds. The molecule has 1 aromatic rings. The minimum atomic E-state index is -0.333. The van der Waals surface area contributed by atoms with Gasteiger partial charge in [0.15, 0.2) is 0 Å². The lowest BCUT2D eigenvalue weighted by atomic mass is 9.95. The summed E-state index contributed by atoms with van der Waals surface area (Å²) >= 11 is 0. The number of unbranched alkanes of at least 4 members (excludes halogenated alkanes) is 3. The number of hydrogen-bond acceptors (Lipinski definition) is 2. The van der Waals surface area contributed by atoms with Crippen molar-refractivity contribution in [2.75, 3.05) is 0 Å². The van der Waals surface area contributed by atoms with Crippen LogP contribution in [-0.2, 0) is 4.74 Å². The lowest BCUT2D eigenvalue weighted by Crippen LogP contribution is -2.31. The molecular formula is C17H26O2. The van der Waals surface area contributed by atoms with Crippen molar-refractivity contribution in [2.24, 2.45) is 0 Å². The molecule has 0 aliphatic carbocycles. The average molecular weight is 262 g/mol. The van der Waals surface area contributed by atoms with Gasteiger partial charge >= 0.3 is 5.97 Å². The predicted molar refractivity (Wildman–Crippen MR) is 79.3 cm³/mol. The molecule has 0 N–H and O–H groups in total. The van der Waals surface area contributed by atoms with Crippen molar-refractivity contribution in [3.8, 4) is 0 Å². The zero-order valence-corrected chi connectivity index (χ0v) is 12.4. The molecule has 0 saturated carbocycles. The average Bonchev–Trinajstić information content (AvgIpc) is 2.44. The molecule has 1 unspecified atom stereocenters. The lowest BCUT2D eigenvalue weighted by Gasteiger charge is -2.28. The third-order valence-corrected chi connectivity index (χ3v) is 3.66. The maximum Gasteiger partial charge on any atom is 0.338 e. The van der Waals surface area contributed by atoms with E-state index in [0.29, 0.717) is 5.56 Å². The second-order valence-electron chi connectivity index (χ2n) is 5.37. The molecule has 0 radical (unpaired) electrons. The van der Waals surface area contributed by atoms with Crippen LogP contribution in [0.2, 0.25) is 0 Å². The quantitative estimate of drug-likeness (QED) is 0.487. The monoisotopic (exact) mass is 262 g/mol. The topological polar surface area (TPSA) is 26.3 Å². The van der Waals surface area contributed by atoms with Crippen LogP contribution >= 0.6 is 0 Å². The molecule has 0 spiro atoms. The summed E-state index contributed by atoms with van der Waals surface area (Å²) in [6.07, 6.45) is 6.63. The molecule has 1 atom stereocenters. The zero-order chi connectivity index (χ0) is 14.1. The second kappa shape index (κ2) is 7.98. The normalized spacial score (nSPS) is 13.8. The van der Waals surface area contributed by atoms with E-state index in [-0.39, 0.29) is 11.6 Å². The van der Waals surface area contributed by atoms with Gasteiger partial charge in [-0.15, -0.1) is 0 Å².